The summed E-state index contributed by atoms with van der Waals surface area (Å²) in [5, 5.41) is 0. The molecule has 0 spiro atoms. The first-order valence-corrected chi connectivity index (χ1v) is 9.64. The lowest BCUT2D eigenvalue weighted by atomic mass is 10.1. The summed E-state index contributed by atoms with van der Waals surface area (Å²) in [6.45, 7) is 4.32. The molecule has 7 heteroatoms. The molecular formula is C17H20BrNO4S. The summed E-state index contributed by atoms with van der Waals surface area (Å²) in [5.41, 5.74) is 2.10. The highest BCUT2D eigenvalue weighted by Crippen LogP contribution is 2.27. The number of hydrogen-bond acceptors (Lipinski definition) is 4. The molecule has 2 rings (SSSR count). The molecule has 2 aromatic carbocycles. The van der Waals surface area contributed by atoms with Crippen LogP contribution in [0.5, 0.6) is 11.5 Å². The van der Waals surface area contributed by atoms with Crippen molar-refractivity contribution < 1.29 is 17.9 Å². The number of ether oxygens (including phenoxy) is 2. The predicted octanol–water partition coefficient (Wildman–Crippen LogP) is 3.43. The highest BCUT2D eigenvalue weighted by molar-refractivity contribution is 9.10. The van der Waals surface area contributed by atoms with E-state index in [0.29, 0.717) is 10.2 Å². The van der Waals surface area contributed by atoms with Crippen molar-refractivity contribution in [1.29, 1.82) is 0 Å². The fraction of sp³-hybridized carbons (Fsp3) is 0.294. The first kappa shape index (κ1) is 18.8. The molecule has 1 N–H and O–H groups in total. The van der Waals surface area contributed by atoms with Crippen molar-refractivity contribution in [1.82, 2.24) is 4.72 Å². The average molecular weight is 414 g/mol. The van der Waals surface area contributed by atoms with Crippen molar-refractivity contribution in [3.63, 3.8) is 0 Å². The fourth-order valence-corrected chi connectivity index (χ4v) is 3.86. The van der Waals surface area contributed by atoms with Crippen LogP contribution in [0.4, 0.5) is 0 Å². The van der Waals surface area contributed by atoms with Crippen LogP contribution < -0.4 is 14.2 Å². The Morgan fingerprint density at radius 2 is 1.83 bits per heavy atom. The van der Waals surface area contributed by atoms with Crippen molar-refractivity contribution in [3.05, 3.63) is 52.0 Å². The predicted molar refractivity (Wildman–Crippen MR) is 97.3 cm³/mol. The number of sulfonamides is 1. The van der Waals surface area contributed by atoms with Gasteiger partial charge >= 0.3 is 0 Å². The van der Waals surface area contributed by atoms with Gasteiger partial charge < -0.3 is 9.47 Å². The molecule has 0 radical (unpaired) electrons. The van der Waals surface area contributed by atoms with Gasteiger partial charge in [0, 0.05) is 11.0 Å². The summed E-state index contributed by atoms with van der Waals surface area (Å²) in [4.78, 5) is 0.0890. The van der Waals surface area contributed by atoms with Gasteiger partial charge in [0.25, 0.3) is 0 Å². The lowest BCUT2D eigenvalue weighted by molar-refractivity contribution is 0.320. The van der Waals surface area contributed by atoms with Crippen LogP contribution in [0.3, 0.4) is 0 Å². The Kier molecular flexibility index (Phi) is 6.26. The Morgan fingerprint density at radius 1 is 1.08 bits per heavy atom. The van der Waals surface area contributed by atoms with Gasteiger partial charge in [-0.25, -0.2) is 13.1 Å². The van der Waals surface area contributed by atoms with Crippen LogP contribution in [0.1, 0.15) is 11.1 Å². The minimum Gasteiger partial charge on any atom is -0.495 e. The number of hydrogen-bond donors (Lipinski definition) is 1. The van der Waals surface area contributed by atoms with Crippen LogP contribution in [-0.2, 0) is 10.0 Å². The van der Waals surface area contributed by atoms with E-state index in [1.165, 1.54) is 13.2 Å². The molecular weight excluding hydrogens is 394 g/mol. The average Bonchev–Trinajstić information content (AvgIpc) is 2.54. The van der Waals surface area contributed by atoms with Crippen molar-refractivity contribution in [2.75, 3.05) is 20.3 Å². The molecule has 2 aromatic rings. The first-order valence-electron chi connectivity index (χ1n) is 7.37. The third-order valence-electron chi connectivity index (χ3n) is 3.41. The Labute approximate surface area is 151 Å². The summed E-state index contributed by atoms with van der Waals surface area (Å²) >= 11 is 3.27. The zero-order chi connectivity index (χ0) is 17.7. The number of aryl methyl sites for hydroxylation is 2. The van der Waals surface area contributed by atoms with Crippen LogP contribution in [0, 0.1) is 13.8 Å². The van der Waals surface area contributed by atoms with E-state index in [2.05, 4.69) is 20.7 Å². The van der Waals surface area contributed by atoms with Crippen molar-refractivity contribution >= 4 is 26.0 Å². The van der Waals surface area contributed by atoms with E-state index in [4.69, 9.17) is 9.47 Å². The first-order chi connectivity index (χ1) is 11.3. The molecule has 5 nitrogen and oxygen atoms in total. The van der Waals surface area contributed by atoms with Gasteiger partial charge in [0.05, 0.1) is 7.11 Å². The summed E-state index contributed by atoms with van der Waals surface area (Å²) in [6, 6.07) is 10.7. The van der Waals surface area contributed by atoms with Gasteiger partial charge in [-0.15, -0.1) is 0 Å². The number of halogens is 1. The second-order valence-electron chi connectivity index (χ2n) is 5.31. The van der Waals surface area contributed by atoms with Crippen LogP contribution in [-0.4, -0.2) is 28.7 Å². The second-order valence-corrected chi connectivity index (χ2v) is 7.96. The second kappa shape index (κ2) is 8.00. The maximum absolute atomic E-state index is 12.4. The largest absolute Gasteiger partial charge is 0.495 e. The van der Waals surface area contributed by atoms with Gasteiger partial charge in [0.2, 0.25) is 10.0 Å². The molecule has 24 heavy (non-hydrogen) atoms. The van der Waals surface area contributed by atoms with Gasteiger partial charge in [-0.2, -0.15) is 0 Å². The summed E-state index contributed by atoms with van der Waals surface area (Å²) in [7, 11) is -2.25. The maximum atomic E-state index is 12.4. The molecule has 0 saturated heterocycles. The molecule has 0 aromatic heterocycles. The summed E-state index contributed by atoms with van der Waals surface area (Å²) < 4.78 is 38.8. The highest BCUT2D eigenvalue weighted by atomic mass is 79.9. The number of nitrogens with one attached hydrogen (secondary N) is 1. The molecule has 0 aliphatic rings. The molecule has 0 heterocycles. The zero-order valence-corrected chi connectivity index (χ0v) is 16.2. The molecule has 0 bridgehead atoms. The summed E-state index contributed by atoms with van der Waals surface area (Å²) in [5.74, 6) is 1.05. The number of methoxy groups -OCH3 is 1. The topological polar surface area (TPSA) is 64.6 Å². The molecule has 0 aliphatic carbocycles. The molecule has 0 saturated carbocycles. The van der Waals surface area contributed by atoms with Crippen LogP contribution in [0.25, 0.3) is 0 Å². The number of rotatable bonds is 7. The van der Waals surface area contributed by atoms with Crippen molar-refractivity contribution in [2.24, 2.45) is 0 Å². The monoisotopic (exact) mass is 413 g/mol. The van der Waals surface area contributed by atoms with E-state index in [-0.39, 0.29) is 18.0 Å². The van der Waals surface area contributed by atoms with E-state index in [9.17, 15) is 8.42 Å². The van der Waals surface area contributed by atoms with E-state index in [1.807, 2.05) is 32.0 Å². The Bertz CT molecular complexity index is 821. The lowest BCUT2D eigenvalue weighted by Crippen LogP contribution is -2.28. The number of benzene rings is 2. The SMILES string of the molecule is COc1ccc(Br)cc1S(=O)(=O)NCCOc1cc(C)ccc1C. The van der Waals surface area contributed by atoms with E-state index in [0.717, 1.165) is 16.9 Å². The third kappa shape index (κ3) is 4.72. The Balaban J connectivity index is 2.01. The zero-order valence-electron chi connectivity index (χ0n) is 13.8. The molecule has 0 amide bonds. The normalized spacial score (nSPS) is 11.3. The molecule has 0 aliphatic heterocycles. The quantitative estimate of drug-likeness (QED) is 0.706. The smallest absolute Gasteiger partial charge is 0.244 e. The fourth-order valence-electron chi connectivity index (χ4n) is 2.14. The van der Waals surface area contributed by atoms with Gasteiger partial charge in [-0.05, 0) is 49.2 Å². The van der Waals surface area contributed by atoms with E-state index < -0.39 is 10.0 Å². The minimum absolute atomic E-state index is 0.0890. The van der Waals surface area contributed by atoms with Gasteiger partial charge in [-0.3, -0.25) is 0 Å². The maximum Gasteiger partial charge on any atom is 0.244 e. The van der Waals surface area contributed by atoms with E-state index in [1.54, 1.807) is 12.1 Å². The van der Waals surface area contributed by atoms with Gasteiger partial charge in [-0.1, -0.05) is 28.1 Å². The standard InChI is InChI=1S/C17H20BrNO4S/c1-12-4-5-13(2)16(10-12)23-9-8-19-24(20,21)17-11-14(18)6-7-15(17)22-3/h4-7,10-11,19H,8-9H2,1-3H3. The lowest BCUT2D eigenvalue weighted by Gasteiger charge is -2.13. The van der Waals surface area contributed by atoms with Crippen LogP contribution >= 0.6 is 15.9 Å². The Hall–Kier alpha value is -1.57. The molecule has 0 atom stereocenters. The van der Waals surface area contributed by atoms with Gasteiger partial charge in [0.1, 0.15) is 23.0 Å². The molecule has 0 fully saturated rings. The molecule has 0 unspecified atom stereocenters. The van der Waals surface area contributed by atoms with Gasteiger partial charge in [0.15, 0.2) is 0 Å². The van der Waals surface area contributed by atoms with E-state index >= 15 is 0 Å². The van der Waals surface area contributed by atoms with Crippen LogP contribution in [0.15, 0.2) is 45.8 Å². The summed E-state index contributed by atoms with van der Waals surface area (Å²) in [6.07, 6.45) is 0. The van der Waals surface area contributed by atoms with Crippen molar-refractivity contribution in [2.45, 2.75) is 18.7 Å². The van der Waals surface area contributed by atoms with Crippen molar-refractivity contribution in [3.8, 4) is 11.5 Å². The minimum atomic E-state index is -3.68. The Morgan fingerprint density at radius 3 is 2.54 bits per heavy atom. The molecule has 130 valence electrons. The highest BCUT2D eigenvalue weighted by Gasteiger charge is 2.19. The van der Waals surface area contributed by atoms with Crippen LogP contribution in [0.2, 0.25) is 0 Å². The third-order valence-corrected chi connectivity index (χ3v) is 5.39.